The van der Waals surface area contributed by atoms with E-state index < -0.39 is 23.4 Å². The van der Waals surface area contributed by atoms with E-state index in [2.05, 4.69) is 4.58 Å². The minimum absolute atomic E-state index is 0.0197. The standard InChI is InChI=1S/C27H28NO8PS/c1-4-28-23-12-11-21(38(32,33)34)16-22(23)27(2,3)25(28)13-9-17-6-5-7-19-14-18-8-10-20(36-37(29,30)31)15-24(18)35-26(17)19/h8-16H,4-7H2,1-3H3,(H2-,29,30,31,32,33,34)/p+1. The van der Waals surface area contributed by atoms with Crippen LogP contribution in [-0.2, 0) is 20.1 Å². The second-order valence-electron chi connectivity index (χ2n) is 10.0. The van der Waals surface area contributed by atoms with Gasteiger partial charge in [0.15, 0.2) is 5.71 Å². The first kappa shape index (κ1) is 26.6. The summed E-state index contributed by atoms with van der Waals surface area (Å²) < 4.78 is 57.5. The second kappa shape index (κ2) is 9.32. The van der Waals surface area contributed by atoms with Gasteiger partial charge >= 0.3 is 7.82 Å². The van der Waals surface area contributed by atoms with Crippen LogP contribution in [0.2, 0.25) is 0 Å². The molecule has 0 aromatic heterocycles. The van der Waals surface area contributed by atoms with Gasteiger partial charge in [-0.05, 0) is 87.6 Å². The first-order chi connectivity index (χ1) is 17.8. The van der Waals surface area contributed by atoms with Gasteiger partial charge in [0, 0.05) is 29.3 Å². The third kappa shape index (κ3) is 4.90. The highest BCUT2D eigenvalue weighted by Crippen LogP contribution is 2.45. The molecule has 200 valence electrons. The first-order valence-electron chi connectivity index (χ1n) is 12.2. The summed E-state index contributed by atoms with van der Waals surface area (Å²) in [5.41, 5.74) is 5.03. The molecule has 5 rings (SSSR count). The van der Waals surface area contributed by atoms with Crippen molar-refractivity contribution in [2.45, 2.75) is 50.3 Å². The Morgan fingerprint density at radius 2 is 1.89 bits per heavy atom. The van der Waals surface area contributed by atoms with E-state index in [0.717, 1.165) is 58.7 Å². The van der Waals surface area contributed by atoms with Crippen LogP contribution in [0.5, 0.6) is 11.5 Å². The smallest absolute Gasteiger partial charge is 0.456 e. The molecule has 38 heavy (non-hydrogen) atoms. The highest BCUT2D eigenvalue weighted by Gasteiger charge is 2.44. The lowest BCUT2D eigenvalue weighted by Gasteiger charge is -2.27. The summed E-state index contributed by atoms with van der Waals surface area (Å²) in [5.74, 6) is 1.20. The highest BCUT2D eigenvalue weighted by molar-refractivity contribution is 7.85. The number of fused-ring (bicyclic) bond motifs is 3. The van der Waals surface area contributed by atoms with Gasteiger partial charge in [0.05, 0.1) is 10.3 Å². The Hall–Kier alpha value is -3.01. The summed E-state index contributed by atoms with van der Waals surface area (Å²) in [5, 5.41) is 0. The zero-order valence-electron chi connectivity index (χ0n) is 21.2. The maximum absolute atomic E-state index is 11.8. The number of ether oxygens (including phenoxy) is 1. The van der Waals surface area contributed by atoms with E-state index in [1.165, 1.54) is 24.3 Å². The van der Waals surface area contributed by atoms with E-state index in [0.29, 0.717) is 12.3 Å². The van der Waals surface area contributed by atoms with Gasteiger partial charge in [0.2, 0.25) is 5.69 Å². The largest absolute Gasteiger partial charge is 0.524 e. The summed E-state index contributed by atoms with van der Waals surface area (Å²) >= 11 is 0. The third-order valence-electron chi connectivity index (χ3n) is 7.15. The van der Waals surface area contributed by atoms with Crippen molar-refractivity contribution in [1.82, 2.24) is 0 Å². The van der Waals surface area contributed by atoms with E-state index in [1.54, 1.807) is 12.1 Å². The predicted octanol–water partition coefficient (Wildman–Crippen LogP) is 5.27. The molecule has 0 saturated heterocycles. The number of hydrogen-bond acceptors (Lipinski definition) is 5. The fraction of sp³-hybridized carbons (Fsp3) is 0.296. The molecule has 0 fully saturated rings. The van der Waals surface area contributed by atoms with Gasteiger partial charge in [0.1, 0.15) is 23.8 Å². The van der Waals surface area contributed by atoms with E-state index in [1.807, 2.05) is 39.0 Å². The lowest BCUT2D eigenvalue weighted by atomic mass is 9.81. The molecule has 0 bridgehead atoms. The van der Waals surface area contributed by atoms with E-state index in [4.69, 9.17) is 19.0 Å². The van der Waals surface area contributed by atoms with Crippen LogP contribution < -0.4 is 9.26 Å². The molecule has 0 spiro atoms. The Bertz CT molecular complexity index is 1630. The number of nitrogens with zero attached hydrogens (tertiary/aromatic N) is 1. The maximum Gasteiger partial charge on any atom is 0.524 e. The van der Waals surface area contributed by atoms with Gasteiger partial charge in [-0.2, -0.15) is 13.0 Å². The summed E-state index contributed by atoms with van der Waals surface area (Å²) in [6.45, 7) is 6.74. The lowest BCUT2D eigenvalue weighted by Crippen LogP contribution is -2.27. The summed E-state index contributed by atoms with van der Waals surface area (Å²) in [6, 6.07) is 9.37. The van der Waals surface area contributed by atoms with Gasteiger partial charge in [-0.1, -0.05) is 0 Å². The van der Waals surface area contributed by atoms with Gasteiger partial charge in [0.25, 0.3) is 10.1 Å². The average molecular weight is 559 g/mol. The number of phosphoric acid groups is 1. The molecule has 2 heterocycles. The van der Waals surface area contributed by atoms with E-state index in [9.17, 15) is 17.5 Å². The zero-order valence-corrected chi connectivity index (χ0v) is 22.9. The number of allylic oxidation sites excluding steroid dienone is 4. The predicted molar refractivity (Wildman–Crippen MR) is 142 cm³/mol. The molecule has 0 saturated carbocycles. The monoisotopic (exact) mass is 558 g/mol. The van der Waals surface area contributed by atoms with Crippen molar-refractivity contribution < 1.29 is 41.2 Å². The molecular formula is C27H29NO8PS+. The number of benzene rings is 2. The Balaban J connectivity index is 1.52. The molecule has 0 unspecified atom stereocenters. The highest BCUT2D eigenvalue weighted by atomic mass is 32.2. The summed E-state index contributed by atoms with van der Waals surface area (Å²) in [6.07, 6.45) is 8.67. The fourth-order valence-electron chi connectivity index (χ4n) is 5.38. The van der Waals surface area contributed by atoms with Crippen LogP contribution >= 0.6 is 7.82 Å². The number of rotatable bonds is 6. The van der Waals surface area contributed by atoms with Crippen LogP contribution in [0, 0.1) is 0 Å². The molecule has 3 N–H and O–H groups in total. The van der Waals surface area contributed by atoms with Crippen molar-refractivity contribution in [3.05, 3.63) is 76.6 Å². The summed E-state index contributed by atoms with van der Waals surface area (Å²) in [7, 11) is -9.02. The van der Waals surface area contributed by atoms with Crippen LogP contribution in [0.25, 0.3) is 6.08 Å². The van der Waals surface area contributed by atoms with Crippen LogP contribution in [0.3, 0.4) is 0 Å². The van der Waals surface area contributed by atoms with Crippen LogP contribution in [0.15, 0.2) is 70.4 Å². The number of phosphoric ester groups is 1. The van der Waals surface area contributed by atoms with Crippen molar-refractivity contribution >= 4 is 35.4 Å². The molecular weight excluding hydrogens is 529 g/mol. The molecule has 2 aromatic rings. The quantitative estimate of drug-likeness (QED) is 0.248. The normalized spacial score (nSPS) is 18.6. The first-order valence-corrected chi connectivity index (χ1v) is 15.2. The van der Waals surface area contributed by atoms with Crippen molar-refractivity contribution in [2.75, 3.05) is 6.54 Å². The zero-order chi connectivity index (χ0) is 27.5. The fourth-order valence-corrected chi connectivity index (χ4v) is 6.27. The minimum Gasteiger partial charge on any atom is -0.456 e. The minimum atomic E-state index is -4.70. The Morgan fingerprint density at radius 3 is 2.58 bits per heavy atom. The van der Waals surface area contributed by atoms with Crippen molar-refractivity contribution in [2.24, 2.45) is 0 Å². The molecule has 0 radical (unpaired) electrons. The van der Waals surface area contributed by atoms with Gasteiger partial charge in [-0.15, -0.1) is 0 Å². The van der Waals surface area contributed by atoms with Crippen LogP contribution in [0.4, 0.5) is 5.69 Å². The van der Waals surface area contributed by atoms with Gasteiger partial charge < -0.3 is 9.26 Å². The summed E-state index contributed by atoms with van der Waals surface area (Å²) in [4.78, 5) is 18.2. The maximum atomic E-state index is 11.8. The molecule has 3 aliphatic rings. The third-order valence-corrected chi connectivity index (χ3v) is 8.44. The van der Waals surface area contributed by atoms with Crippen molar-refractivity contribution in [1.29, 1.82) is 0 Å². The second-order valence-corrected chi connectivity index (χ2v) is 12.6. The average Bonchev–Trinajstić information content (AvgIpc) is 3.05. The topological polar surface area (TPSA) is 133 Å². The Labute approximate surface area is 221 Å². The van der Waals surface area contributed by atoms with Crippen LogP contribution in [-0.4, -0.2) is 39.6 Å². The lowest BCUT2D eigenvalue weighted by molar-refractivity contribution is -0.433. The molecule has 0 atom stereocenters. The van der Waals surface area contributed by atoms with E-state index in [-0.39, 0.29) is 10.6 Å². The molecule has 1 aliphatic carbocycles. The SMILES string of the molecule is CC[N+]1=C(C=CC2=C3Oc4cc(OP(=O)(O)O)ccc4C=C3CCC2)C(C)(C)c2cc(S(=O)(=O)O)ccc21. The van der Waals surface area contributed by atoms with E-state index >= 15 is 0 Å². The molecule has 2 aliphatic heterocycles. The van der Waals surface area contributed by atoms with Gasteiger partial charge in [-0.3, -0.25) is 14.3 Å². The molecule has 0 amide bonds. The van der Waals surface area contributed by atoms with Crippen molar-refractivity contribution in [3.8, 4) is 11.5 Å². The van der Waals surface area contributed by atoms with Gasteiger partial charge in [-0.25, -0.2) is 4.57 Å². The van der Waals surface area contributed by atoms with Crippen LogP contribution in [0.1, 0.15) is 51.2 Å². The van der Waals surface area contributed by atoms with Crippen molar-refractivity contribution in [3.63, 3.8) is 0 Å². The Kier molecular flexibility index (Phi) is 6.52. The Morgan fingerprint density at radius 1 is 1.13 bits per heavy atom. The molecule has 2 aromatic carbocycles. The molecule has 9 nitrogen and oxygen atoms in total. The molecule has 11 heteroatoms. The number of hydrogen-bond donors (Lipinski definition) is 3.